The van der Waals surface area contributed by atoms with Gasteiger partial charge in [-0.3, -0.25) is 4.90 Å². The number of ether oxygens (including phenoxy) is 1. The highest BCUT2D eigenvalue weighted by Crippen LogP contribution is 2.36. The van der Waals surface area contributed by atoms with Gasteiger partial charge in [0.1, 0.15) is 17.7 Å². The van der Waals surface area contributed by atoms with Crippen LogP contribution in [0.2, 0.25) is 0 Å². The molecule has 5 rings (SSSR count). The van der Waals surface area contributed by atoms with Crippen molar-refractivity contribution in [2.45, 2.75) is 51.7 Å². The molecule has 150 valence electrons. The van der Waals surface area contributed by atoms with Gasteiger partial charge in [-0.25, -0.2) is 9.97 Å². The Hall–Kier alpha value is -2.80. The highest BCUT2D eigenvalue weighted by atomic mass is 16.5. The summed E-state index contributed by atoms with van der Waals surface area (Å²) < 4.78 is 11.2. The van der Waals surface area contributed by atoms with Gasteiger partial charge in [-0.15, -0.1) is 0 Å². The lowest BCUT2D eigenvalue weighted by Crippen LogP contribution is -2.24. The molecular formula is C22H25N5O2. The van der Waals surface area contributed by atoms with Crippen LogP contribution in [0.5, 0.6) is 5.75 Å². The second kappa shape index (κ2) is 6.91. The summed E-state index contributed by atoms with van der Waals surface area (Å²) in [5, 5.41) is 4.06. The number of aryl methyl sites for hydroxylation is 1. The zero-order valence-corrected chi connectivity index (χ0v) is 17.1. The first-order valence-corrected chi connectivity index (χ1v) is 10.1. The first-order valence-electron chi connectivity index (χ1n) is 10.1. The molecule has 0 aliphatic carbocycles. The van der Waals surface area contributed by atoms with E-state index in [4.69, 9.17) is 9.26 Å². The number of fused-ring (bicyclic) bond motifs is 1. The third kappa shape index (κ3) is 3.62. The number of nitrogens with zero attached hydrogens (tertiary/aromatic N) is 5. The van der Waals surface area contributed by atoms with E-state index < -0.39 is 0 Å². The van der Waals surface area contributed by atoms with E-state index in [0.29, 0.717) is 17.6 Å². The van der Waals surface area contributed by atoms with E-state index in [2.05, 4.69) is 57.1 Å². The summed E-state index contributed by atoms with van der Waals surface area (Å²) in [5.41, 5.74) is 4.42. The molecule has 0 spiro atoms. The Morgan fingerprint density at radius 1 is 1.28 bits per heavy atom. The number of likely N-dealkylation sites (tertiary alicyclic amines) is 1. The maximum Gasteiger partial charge on any atom is 0.223 e. The minimum Gasteiger partial charge on any atom is -0.487 e. The van der Waals surface area contributed by atoms with E-state index in [0.717, 1.165) is 49.5 Å². The highest BCUT2D eigenvalue weighted by Gasteiger charge is 2.31. The molecule has 1 fully saturated rings. The number of hydrogen-bond acceptors (Lipinski definition) is 7. The van der Waals surface area contributed by atoms with Crippen LogP contribution in [-0.2, 0) is 13.0 Å². The van der Waals surface area contributed by atoms with Crippen LogP contribution in [0.3, 0.4) is 0 Å². The lowest BCUT2D eigenvalue weighted by atomic mass is 9.99. The van der Waals surface area contributed by atoms with Gasteiger partial charge >= 0.3 is 0 Å². The summed E-state index contributed by atoms with van der Waals surface area (Å²) >= 11 is 0. The van der Waals surface area contributed by atoms with Crippen molar-refractivity contribution in [1.82, 2.24) is 25.0 Å². The Balaban J connectivity index is 1.31. The SMILES string of the molecule is Cc1nc(-c2cncnc2[C@@H]2CCN(Cc3ccc4c(c3)CC(C)(C)O4)C2)no1. The fourth-order valence-electron chi connectivity index (χ4n) is 4.46. The largest absolute Gasteiger partial charge is 0.487 e. The number of benzene rings is 1. The Labute approximate surface area is 170 Å². The van der Waals surface area contributed by atoms with Gasteiger partial charge < -0.3 is 9.26 Å². The molecule has 7 heteroatoms. The van der Waals surface area contributed by atoms with Crippen LogP contribution in [0.25, 0.3) is 11.4 Å². The van der Waals surface area contributed by atoms with Gasteiger partial charge in [0.05, 0.1) is 11.3 Å². The number of aromatic nitrogens is 4. The van der Waals surface area contributed by atoms with Crippen LogP contribution in [0.15, 0.2) is 35.2 Å². The fourth-order valence-corrected chi connectivity index (χ4v) is 4.46. The summed E-state index contributed by atoms with van der Waals surface area (Å²) in [4.78, 5) is 15.6. The van der Waals surface area contributed by atoms with Gasteiger partial charge in [0.15, 0.2) is 0 Å². The van der Waals surface area contributed by atoms with E-state index in [9.17, 15) is 0 Å². The van der Waals surface area contributed by atoms with Gasteiger partial charge in [-0.05, 0) is 44.0 Å². The van der Waals surface area contributed by atoms with Crippen molar-refractivity contribution in [3.63, 3.8) is 0 Å². The maximum atomic E-state index is 6.00. The molecule has 0 unspecified atom stereocenters. The summed E-state index contributed by atoms with van der Waals surface area (Å²) in [6.07, 6.45) is 5.42. The van der Waals surface area contributed by atoms with Crippen molar-refractivity contribution >= 4 is 0 Å². The number of rotatable bonds is 4. The van der Waals surface area contributed by atoms with Crippen molar-refractivity contribution in [3.05, 3.63) is 53.4 Å². The average Bonchev–Trinajstić information content (AvgIpc) is 3.39. The predicted octanol–water partition coefficient (Wildman–Crippen LogP) is 3.54. The quantitative estimate of drug-likeness (QED) is 0.673. The van der Waals surface area contributed by atoms with Gasteiger partial charge in [-0.2, -0.15) is 4.98 Å². The van der Waals surface area contributed by atoms with E-state index in [-0.39, 0.29) is 5.60 Å². The zero-order valence-electron chi connectivity index (χ0n) is 17.1. The molecule has 4 heterocycles. The van der Waals surface area contributed by atoms with Crippen LogP contribution in [0.4, 0.5) is 0 Å². The first kappa shape index (κ1) is 18.2. The van der Waals surface area contributed by atoms with Crippen LogP contribution in [-0.4, -0.2) is 43.7 Å². The van der Waals surface area contributed by atoms with Crippen LogP contribution >= 0.6 is 0 Å². The normalized spacial score (nSPS) is 20.6. The van der Waals surface area contributed by atoms with Gasteiger partial charge in [-0.1, -0.05) is 17.3 Å². The minimum atomic E-state index is -0.101. The monoisotopic (exact) mass is 391 g/mol. The van der Waals surface area contributed by atoms with Crippen molar-refractivity contribution < 1.29 is 9.26 Å². The summed E-state index contributed by atoms with van der Waals surface area (Å²) in [7, 11) is 0. The fraction of sp³-hybridized carbons (Fsp3) is 0.455. The second-order valence-corrected chi connectivity index (χ2v) is 8.66. The molecule has 2 aliphatic heterocycles. The minimum absolute atomic E-state index is 0.101. The van der Waals surface area contributed by atoms with Crippen molar-refractivity contribution in [3.8, 4) is 17.1 Å². The second-order valence-electron chi connectivity index (χ2n) is 8.66. The van der Waals surface area contributed by atoms with E-state index in [1.165, 1.54) is 11.1 Å². The molecule has 0 N–H and O–H groups in total. The molecule has 1 aromatic carbocycles. The predicted molar refractivity (Wildman–Crippen MR) is 108 cm³/mol. The lowest BCUT2D eigenvalue weighted by molar-refractivity contribution is 0.138. The molecule has 29 heavy (non-hydrogen) atoms. The van der Waals surface area contributed by atoms with E-state index in [1.807, 2.05) is 0 Å². The zero-order chi connectivity index (χ0) is 20.0. The topological polar surface area (TPSA) is 77.2 Å². The average molecular weight is 391 g/mol. The van der Waals surface area contributed by atoms with Crippen molar-refractivity contribution in [1.29, 1.82) is 0 Å². The Morgan fingerprint density at radius 3 is 3.00 bits per heavy atom. The summed E-state index contributed by atoms with van der Waals surface area (Å²) in [6, 6.07) is 6.61. The van der Waals surface area contributed by atoms with Gasteiger partial charge in [0.2, 0.25) is 11.7 Å². The molecule has 1 atom stereocenters. The number of hydrogen-bond donors (Lipinski definition) is 0. The third-order valence-electron chi connectivity index (χ3n) is 5.70. The van der Waals surface area contributed by atoms with Crippen LogP contribution in [0, 0.1) is 6.92 Å². The van der Waals surface area contributed by atoms with E-state index >= 15 is 0 Å². The molecule has 0 amide bonds. The van der Waals surface area contributed by atoms with E-state index in [1.54, 1.807) is 19.4 Å². The van der Waals surface area contributed by atoms with Crippen molar-refractivity contribution in [2.24, 2.45) is 0 Å². The van der Waals surface area contributed by atoms with Crippen molar-refractivity contribution in [2.75, 3.05) is 13.1 Å². The summed E-state index contributed by atoms with van der Waals surface area (Å²) in [5.74, 6) is 2.48. The molecule has 7 nitrogen and oxygen atoms in total. The molecule has 2 aliphatic rings. The molecule has 0 saturated carbocycles. The third-order valence-corrected chi connectivity index (χ3v) is 5.70. The molecule has 3 aromatic rings. The smallest absolute Gasteiger partial charge is 0.223 e. The van der Waals surface area contributed by atoms with Crippen LogP contribution < -0.4 is 4.74 Å². The summed E-state index contributed by atoms with van der Waals surface area (Å²) in [6.45, 7) is 9.01. The molecule has 0 radical (unpaired) electrons. The van der Waals surface area contributed by atoms with Gasteiger partial charge in [0.25, 0.3) is 0 Å². The first-order chi connectivity index (χ1) is 14.0. The molecular weight excluding hydrogens is 366 g/mol. The molecule has 1 saturated heterocycles. The molecule has 0 bridgehead atoms. The highest BCUT2D eigenvalue weighted by molar-refractivity contribution is 5.57. The lowest BCUT2D eigenvalue weighted by Gasteiger charge is -2.17. The maximum absolute atomic E-state index is 6.00. The Bertz CT molecular complexity index is 1050. The van der Waals surface area contributed by atoms with Crippen LogP contribution in [0.1, 0.15) is 48.9 Å². The Morgan fingerprint density at radius 2 is 2.17 bits per heavy atom. The van der Waals surface area contributed by atoms with Gasteiger partial charge in [0, 0.05) is 38.5 Å². The standard InChI is InChI=1S/C22H25N5O2/c1-14-25-21(26-29-14)18-10-23-13-24-20(18)16-6-7-27(12-16)11-15-4-5-19-17(8-15)9-22(2,3)28-19/h4-5,8,10,13,16H,6-7,9,11-12H2,1-3H3/t16-/m1/s1. The molecule has 2 aromatic heterocycles. The Kier molecular flexibility index (Phi) is 4.35.